The minimum absolute atomic E-state index is 0.00384. The molecular weight excluding hydrogens is 250 g/mol. The summed E-state index contributed by atoms with van der Waals surface area (Å²) in [6, 6.07) is 2.20. The van der Waals surface area contributed by atoms with Crippen molar-refractivity contribution in [2.24, 2.45) is 0 Å². The van der Waals surface area contributed by atoms with Crippen LogP contribution < -0.4 is 0 Å². The van der Waals surface area contributed by atoms with Gasteiger partial charge < -0.3 is 9.84 Å². The average Bonchev–Trinajstić information content (AvgIpc) is 2.59. The van der Waals surface area contributed by atoms with Gasteiger partial charge in [0, 0.05) is 28.9 Å². The molecule has 1 aliphatic rings. The van der Waals surface area contributed by atoms with E-state index in [0.717, 1.165) is 13.1 Å². The molecule has 0 saturated carbocycles. The van der Waals surface area contributed by atoms with Gasteiger partial charge >= 0.3 is 5.97 Å². The molecule has 0 bridgehead atoms. The van der Waals surface area contributed by atoms with Crippen LogP contribution in [0.2, 0.25) is 0 Å². The third kappa shape index (κ3) is 3.31. The number of thiophene rings is 1. The van der Waals surface area contributed by atoms with E-state index in [4.69, 9.17) is 9.84 Å². The van der Waals surface area contributed by atoms with Crippen LogP contribution in [0, 0.1) is 13.8 Å². The lowest BCUT2D eigenvalue weighted by molar-refractivity contribution is -0.140. The fraction of sp³-hybridized carbons (Fsp3) is 0.615. The maximum Gasteiger partial charge on any atom is 0.305 e. The number of rotatable bonds is 4. The number of aryl methyl sites for hydroxylation is 2. The number of carboxylic acids is 1. The SMILES string of the molecule is Cc1cc(CN2CCOCC2CC(=O)O)c(C)s1. The van der Waals surface area contributed by atoms with Gasteiger partial charge in [-0.25, -0.2) is 0 Å². The summed E-state index contributed by atoms with van der Waals surface area (Å²) in [5.74, 6) is -0.756. The van der Waals surface area contributed by atoms with Crippen LogP contribution in [-0.2, 0) is 16.1 Å². The van der Waals surface area contributed by atoms with Crippen molar-refractivity contribution in [2.75, 3.05) is 19.8 Å². The van der Waals surface area contributed by atoms with Crippen molar-refractivity contribution in [3.05, 3.63) is 21.4 Å². The van der Waals surface area contributed by atoms with E-state index in [1.54, 1.807) is 11.3 Å². The molecule has 5 heteroatoms. The minimum atomic E-state index is -0.756. The molecule has 0 aliphatic carbocycles. The lowest BCUT2D eigenvalue weighted by atomic mass is 10.1. The lowest BCUT2D eigenvalue weighted by Crippen LogP contribution is -2.45. The monoisotopic (exact) mass is 269 g/mol. The molecule has 1 saturated heterocycles. The molecule has 0 amide bonds. The van der Waals surface area contributed by atoms with E-state index >= 15 is 0 Å². The second-order valence-corrected chi connectivity index (χ2v) is 6.20. The molecule has 18 heavy (non-hydrogen) atoms. The van der Waals surface area contributed by atoms with E-state index in [9.17, 15) is 4.79 Å². The van der Waals surface area contributed by atoms with Crippen molar-refractivity contribution in [1.29, 1.82) is 0 Å². The van der Waals surface area contributed by atoms with Gasteiger partial charge in [-0.3, -0.25) is 9.69 Å². The maximum atomic E-state index is 10.9. The van der Waals surface area contributed by atoms with Crippen LogP contribution in [0.5, 0.6) is 0 Å². The third-order valence-electron chi connectivity index (χ3n) is 3.28. The van der Waals surface area contributed by atoms with Gasteiger partial charge in [0.25, 0.3) is 0 Å². The van der Waals surface area contributed by atoms with Crippen LogP contribution in [0.15, 0.2) is 6.07 Å². The molecule has 1 N–H and O–H groups in total. The quantitative estimate of drug-likeness (QED) is 0.909. The van der Waals surface area contributed by atoms with Crippen molar-refractivity contribution in [3.8, 4) is 0 Å². The Morgan fingerprint density at radius 3 is 3.00 bits per heavy atom. The molecule has 1 aromatic rings. The Kier molecular flexibility index (Phi) is 4.37. The highest BCUT2D eigenvalue weighted by Gasteiger charge is 2.25. The zero-order valence-corrected chi connectivity index (χ0v) is 11.6. The number of nitrogens with zero attached hydrogens (tertiary/aromatic N) is 1. The summed E-state index contributed by atoms with van der Waals surface area (Å²) in [4.78, 5) is 15.7. The molecular formula is C13H19NO3S. The Balaban J connectivity index is 2.05. The van der Waals surface area contributed by atoms with Crippen LogP contribution in [0.3, 0.4) is 0 Å². The first-order valence-corrected chi connectivity index (χ1v) is 6.97. The lowest BCUT2D eigenvalue weighted by Gasteiger charge is -2.34. The van der Waals surface area contributed by atoms with Crippen LogP contribution in [0.1, 0.15) is 21.7 Å². The normalized spacial score (nSPS) is 21.1. The first-order chi connectivity index (χ1) is 8.56. The number of hydrogen-bond donors (Lipinski definition) is 1. The molecule has 0 aromatic carbocycles. The summed E-state index contributed by atoms with van der Waals surface area (Å²) in [6.45, 7) is 7.09. The molecule has 1 aliphatic heterocycles. The maximum absolute atomic E-state index is 10.9. The fourth-order valence-electron chi connectivity index (χ4n) is 2.35. The zero-order valence-electron chi connectivity index (χ0n) is 10.8. The van der Waals surface area contributed by atoms with Gasteiger partial charge in [-0.05, 0) is 25.5 Å². The second kappa shape index (κ2) is 5.82. The highest BCUT2D eigenvalue weighted by molar-refractivity contribution is 7.12. The predicted molar refractivity (Wildman–Crippen MR) is 71.1 cm³/mol. The van der Waals surface area contributed by atoms with E-state index in [2.05, 4.69) is 24.8 Å². The Morgan fingerprint density at radius 2 is 2.39 bits per heavy atom. The molecule has 1 fully saturated rings. The van der Waals surface area contributed by atoms with E-state index in [1.165, 1.54) is 15.3 Å². The van der Waals surface area contributed by atoms with E-state index in [1.807, 2.05) is 0 Å². The van der Waals surface area contributed by atoms with Crippen molar-refractivity contribution >= 4 is 17.3 Å². The van der Waals surface area contributed by atoms with Crippen LogP contribution >= 0.6 is 11.3 Å². The standard InChI is InChI=1S/C13H19NO3S/c1-9-5-11(10(2)18-9)7-14-3-4-17-8-12(14)6-13(15)16/h5,12H,3-4,6-8H2,1-2H3,(H,15,16). The number of ether oxygens (including phenoxy) is 1. The van der Waals surface area contributed by atoms with Gasteiger partial charge in [-0.1, -0.05) is 0 Å². The van der Waals surface area contributed by atoms with E-state index in [0.29, 0.717) is 13.2 Å². The molecule has 1 atom stereocenters. The molecule has 1 unspecified atom stereocenters. The average molecular weight is 269 g/mol. The van der Waals surface area contributed by atoms with Crippen molar-refractivity contribution in [3.63, 3.8) is 0 Å². The summed E-state index contributed by atoms with van der Waals surface area (Å²) in [7, 11) is 0. The largest absolute Gasteiger partial charge is 0.481 e. The van der Waals surface area contributed by atoms with Crippen molar-refractivity contribution in [1.82, 2.24) is 4.90 Å². The Bertz CT molecular complexity index is 430. The molecule has 2 heterocycles. The third-order valence-corrected chi connectivity index (χ3v) is 4.29. The van der Waals surface area contributed by atoms with Crippen molar-refractivity contribution in [2.45, 2.75) is 32.9 Å². The highest BCUT2D eigenvalue weighted by atomic mass is 32.1. The summed E-state index contributed by atoms with van der Waals surface area (Å²) in [6.07, 6.45) is 0.155. The Hall–Kier alpha value is -0.910. The first-order valence-electron chi connectivity index (χ1n) is 6.15. The van der Waals surface area contributed by atoms with Crippen LogP contribution in [-0.4, -0.2) is 41.8 Å². The fourth-order valence-corrected chi connectivity index (χ4v) is 3.28. The van der Waals surface area contributed by atoms with Crippen LogP contribution in [0.25, 0.3) is 0 Å². The van der Waals surface area contributed by atoms with Gasteiger partial charge in [-0.2, -0.15) is 0 Å². The smallest absolute Gasteiger partial charge is 0.305 e. The second-order valence-electron chi connectivity index (χ2n) is 4.74. The minimum Gasteiger partial charge on any atom is -0.481 e. The van der Waals surface area contributed by atoms with E-state index in [-0.39, 0.29) is 12.5 Å². The molecule has 0 spiro atoms. The van der Waals surface area contributed by atoms with Gasteiger partial charge in [0.1, 0.15) is 0 Å². The summed E-state index contributed by atoms with van der Waals surface area (Å²) < 4.78 is 5.38. The first kappa shape index (κ1) is 13.5. The molecule has 2 rings (SSSR count). The Labute approximate surface area is 111 Å². The van der Waals surface area contributed by atoms with Crippen LogP contribution in [0.4, 0.5) is 0 Å². The summed E-state index contributed by atoms with van der Waals surface area (Å²) >= 11 is 1.80. The van der Waals surface area contributed by atoms with Gasteiger partial charge in [0.2, 0.25) is 0 Å². The van der Waals surface area contributed by atoms with Gasteiger partial charge in [0.15, 0.2) is 0 Å². The topological polar surface area (TPSA) is 49.8 Å². The number of aliphatic carboxylic acids is 1. The van der Waals surface area contributed by atoms with Crippen molar-refractivity contribution < 1.29 is 14.6 Å². The number of carboxylic acid groups (broad SMARTS) is 1. The number of hydrogen-bond acceptors (Lipinski definition) is 4. The van der Waals surface area contributed by atoms with Gasteiger partial charge in [-0.15, -0.1) is 11.3 Å². The van der Waals surface area contributed by atoms with Gasteiger partial charge in [0.05, 0.1) is 19.6 Å². The molecule has 100 valence electrons. The number of morpholine rings is 1. The van der Waals surface area contributed by atoms with E-state index < -0.39 is 5.97 Å². The summed E-state index contributed by atoms with van der Waals surface area (Å²) in [5.41, 5.74) is 1.31. The summed E-state index contributed by atoms with van der Waals surface area (Å²) in [5, 5.41) is 8.93. The Morgan fingerprint density at radius 1 is 1.61 bits per heavy atom. The molecule has 4 nitrogen and oxygen atoms in total. The molecule has 0 radical (unpaired) electrons. The highest BCUT2D eigenvalue weighted by Crippen LogP contribution is 2.24. The number of carbonyl (C=O) groups is 1. The predicted octanol–water partition coefficient (Wildman–Crippen LogP) is 2.04. The zero-order chi connectivity index (χ0) is 13.1. The molecule has 1 aromatic heterocycles.